The van der Waals surface area contributed by atoms with Gasteiger partial charge in [0.25, 0.3) is 0 Å². The van der Waals surface area contributed by atoms with Gasteiger partial charge in [-0.05, 0) is 30.7 Å². The largest absolute Gasteiger partial charge is 0.595 e. The summed E-state index contributed by atoms with van der Waals surface area (Å²) < 4.78 is 17.7. The number of nitrogens with one attached hydrogen (secondary N) is 1. The first kappa shape index (κ1) is 13.3. The molecule has 0 aliphatic rings. The minimum atomic E-state index is -1.06. The zero-order valence-electron chi connectivity index (χ0n) is 9.14. The molecule has 0 heterocycles. The van der Waals surface area contributed by atoms with E-state index in [1.807, 2.05) is 0 Å². The van der Waals surface area contributed by atoms with Gasteiger partial charge >= 0.3 is 5.97 Å². The summed E-state index contributed by atoms with van der Waals surface area (Å²) in [6, 6.07) is 5.46. The van der Waals surface area contributed by atoms with E-state index in [-0.39, 0.29) is 12.3 Å². The average molecular weight is 241 g/mol. The zero-order chi connectivity index (χ0) is 12.8. The molecule has 5 nitrogen and oxygen atoms in total. The highest BCUT2D eigenvalue weighted by molar-refractivity contribution is 5.91. The van der Waals surface area contributed by atoms with Gasteiger partial charge in [-0.2, -0.15) is 9.62 Å². The molecule has 1 unspecified atom stereocenters. The maximum atomic E-state index is 13.2. The molecule has 1 atom stereocenters. The minimum Gasteiger partial charge on any atom is -0.595 e. The Morgan fingerprint density at radius 2 is 2.12 bits per heavy atom. The minimum absolute atomic E-state index is 0.0953. The van der Waals surface area contributed by atoms with Gasteiger partial charge in [-0.3, -0.25) is 0 Å². The number of carbonyl (C=O) groups is 1. The summed E-state index contributed by atoms with van der Waals surface area (Å²) >= 11 is 0. The van der Waals surface area contributed by atoms with Gasteiger partial charge in [0.15, 0.2) is 5.69 Å². The van der Waals surface area contributed by atoms with Crippen LogP contribution in [0.2, 0.25) is 0 Å². The summed E-state index contributed by atoms with van der Waals surface area (Å²) in [5.41, 5.74) is 0.485. The van der Waals surface area contributed by atoms with Gasteiger partial charge in [-0.1, -0.05) is 0 Å². The van der Waals surface area contributed by atoms with Crippen LogP contribution in [0, 0.1) is 5.21 Å². The van der Waals surface area contributed by atoms with Gasteiger partial charge < -0.3 is 9.94 Å². The van der Waals surface area contributed by atoms with Gasteiger partial charge in [0.05, 0.1) is 6.61 Å². The number of esters is 1. The molecule has 0 radical (unpaired) electrons. The average Bonchev–Trinajstić information content (AvgIpc) is 2.30. The molecule has 0 aliphatic heterocycles. The Morgan fingerprint density at radius 3 is 2.59 bits per heavy atom. The van der Waals surface area contributed by atoms with Crippen LogP contribution in [0.4, 0.5) is 10.1 Å². The van der Waals surface area contributed by atoms with Crippen molar-refractivity contribution >= 4 is 17.7 Å². The summed E-state index contributed by atoms with van der Waals surface area (Å²) in [5.74, 6) is -2.05. The molecule has 0 spiro atoms. The third-order valence-corrected chi connectivity index (χ3v) is 1.92. The van der Waals surface area contributed by atoms with Gasteiger partial charge in [0, 0.05) is 12.1 Å². The Hall–Kier alpha value is -1.76. The van der Waals surface area contributed by atoms with Crippen molar-refractivity contribution in [1.82, 2.24) is 0 Å². The van der Waals surface area contributed by atoms with E-state index in [1.165, 1.54) is 24.3 Å². The highest BCUT2D eigenvalue weighted by Gasteiger charge is 2.09. The number of hydrogen-bond donors (Lipinski definition) is 2. The number of ether oxygens (including phenoxy) is 1. The molecule has 92 valence electrons. The van der Waals surface area contributed by atoms with Crippen LogP contribution in [0.1, 0.15) is 12.5 Å². The van der Waals surface area contributed by atoms with E-state index in [9.17, 15) is 14.4 Å². The molecule has 0 fully saturated rings. The molecule has 0 aliphatic carbocycles. The number of rotatable bonds is 4. The topological polar surface area (TPSA) is 74.0 Å². The second-order valence-electron chi connectivity index (χ2n) is 3.14. The van der Waals surface area contributed by atoms with Crippen LogP contribution in [-0.4, -0.2) is 17.8 Å². The summed E-state index contributed by atoms with van der Waals surface area (Å²) in [5, 5.41) is 18.2. The smallest absolute Gasteiger partial charge is 0.367 e. The van der Waals surface area contributed by atoms with Crippen molar-refractivity contribution in [3.63, 3.8) is 0 Å². The maximum Gasteiger partial charge on any atom is 0.367 e. The standard InChI is InChI=1S/C11H12FNO4/c1-2-17-11(14)10(12)7-8-3-5-9(6-4-8)13(15)16/h3-7,13,15H,2H2,1H3/b10-7-. The third-order valence-electron chi connectivity index (χ3n) is 1.92. The van der Waals surface area contributed by atoms with Crippen LogP contribution < -0.4 is 5.23 Å². The first-order chi connectivity index (χ1) is 8.04. The van der Waals surface area contributed by atoms with Crippen LogP contribution in [0.5, 0.6) is 0 Å². The summed E-state index contributed by atoms with van der Waals surface area (Å²) in [4.78, 5) is 11.0. The maximum absolute atomic E-state index is 13.2. The van der Waals surface area contributed by atoms with Crippen molar-refractivity contribution in [2.45, 2.75) is 6.92 Å². The lowest BCUT2D eigenvalue weighted by atomic mass is 10.2. The van der Waals surface area contributed by atoms with Crippen molar-refractivity contribution in [2.24, 2.45) is 0 Å². The van der Waals surface area contributed by atoms with Gasteiger partial charge in [0.2, 0.25) is 5.83 Å². The molecule has 0 saturated carbocycles. The van der Waals surface area contributed by atoms with Crippen molar-refractivity contribution in [3.8, 4) is 0 Å². The molecule has 1 aromatic rings. The Kier molecular flexibility index (Phi) is 4.77. The lowest BCUT2D eigenvalue weighted by Gasteiger charge is -2.10. The van der Waals surface area contributed by atoms with E-state index in [1.54, 1.807) is 6.92 Å². The summed E-state index contributed by atoms with van der Waals surface area (Å²) in [6.07, 6.45) is 0.990. The van der Waals surface area contributed by atoms with E-state index < -0.39 is 17.0 Å². The molecule has 1 aromatic carbocycles. The predicted molar refractivity (Wildman–Crippen MR) is 57.9 cm³/mol. The number of halogens is 1. The van der Waals surface area contributed by atoms with Gasteiger partial charge in [0.1, 0.15) is 0 Å². The summed E-state index contributed by atoms with van der Waals surface area (Å²) in [6.45, 7) is 1.67. The molecule has 17 heavy (non-hydrogen) atoms. The van der Waals surface area contributed by atoms with E-state index in [0.717, 1.165) is 6.08 Å². The van der Waals surface area contributed by atoms with Gasteiger partial charge in [-0.15, -0.1) is 0 Å². The van der Waals surface area contributed by atoms with Crippen molar-refractivity contribution < 1.29 is 24.4 Å². The van der Waals surface area contributed by atoms with Gasteiger partial charge in [-0.25, -0.2) is 10.0 Å². The molecule has 1 rings (SSSR count). The second kappa shape index (κ2) is 6.09. The molecule has 2 N–H and O–H groups in total. The zero-order valence-corrected chi connectivity index (χ0v) is 9.14. The fourth-order valence-corrected chi connectivity index (χ4v) is 1.13. The van der Waals surface area contributed by atoms with Crippen LogP contribution in [0.25, 0.3) is 6.08 Å². The van der Waals surface area contributed by atoms with Crippen LogP contribution in [0.15, 0.2) is 30.1 Å². The Morgan fingerprint density at radius 1 is 1.53 bits per heavy atom. The molecular weight excluding hydrogens is 229 g/mol. The highest BCUT2D eigenvalue weighted by Crippen LogP contribution is 2.11. The summed E-state index contributed by atoms with van der Waals surface area (Å²) in [7, 11) is 0. The molecule has 0 saturated heterocycles. The lowest BCUT2D eigenvalue weighted by molar-refractivity contribution is -0.991. The van der Waals surface area contributed by atoms with Crippen molar-refractivity contribution in [1.29, 1.82) is 0 Å². The molecular formula is C11H12FNO4. The van der Waals surface area contributed by atoms with Crippen LogP contribution in [-0.2, 0) is 9.53 Å². The quantitative estimate of drug-likeness (QED) is 0.468. The number of quaternary nitrogens is 1. The fraction of sp³-hybridized carbons (Fsp3) is 0.182. The Bertz CT molecular complexity index is 414. The van der Waals surface area contributed by atoms with Crippen LogP contribution in [0.3, 0.4) is 0 Å². The van der Waals surface area contributed by atoms with E-state index in [4.69, 9.17) is 5.21 Å². The van der Waals surface area contributed by atoms with Crippen molar-refractivity contribution in [2.75, 3.05) is 6.61 Å². The molecule has 0 amide bonds. The normalized spacial score (nSPS) is 13.3. The van der Waals surface area contributed by atoms with Crippen LogP contribution >= 0.6 is 0 Å². The number of hydrogen-bond acceptors (Lipinski definition) is 4. The van der Waals surface area contributed by atoms with E-state index in [2.05, 4.69) is 4.74 Å². The molecule has 0 bridgehead atoms. The fourth-order valence-electron chi connectivity index (χ4n) is 1.13. The van der Waals surface area contributed by atoms with E-state index in [0.29, 0.717) is 5.56 Å². The predicted octanol–water partition coefficient (Wildman–Crippen LogP) is 0.964. The third kappa shape index (κ3) is 3.95. The lowest BCUT2D eigenvalue weighted by Crippen LogP contribution is -2.99. The highest BCUT2D eigenvalue weighted by atomic mass is 19.1. The Balaban J connectivity index is 2.80. The van der Waals surface area contributed by atoms with E-state index >= 15 is 0 Å². The Labute approximate surface area is 97.3 Å². The second-order valence-corrected chi connectivity index (χ2v) is 3.14. The van der Waals surface area contributed by atoms with Crippen molar-refractivity contribution in [3.05, 3.63) is 40.9 Å². The number of carbonyl (C=O) groups excluding carboxylic acids is 1. The SMILES string of the molecule is CCOC(=O)/C(F)=C/c1ccc([NH+]([O-])O)cc1. The molecule has 0 aromatic heterocycles. The first-order valence-corrected chi connectivity index (χ1v) is 4.92. The first-order valence-electron chi connectivity index (χ1n) is 4.92. The number of benzene rings is 1. The molecule has 6 heteroatoms. The monoisotopic (exact) mass is 241 g/mol.